The van der Waals surface area contributed by atoms with Gasteiger partial charge in [0.2, 0.25) is 5.16 Å². The van der Waals surface area contributed by atoms with E-state index in [2.05, 4.69) is 10.2 Å². The second kappa shape index (κ2) is 9.13. The number of hydrogen-bond acceptors (Lipinski definition) is 5. The Balaban J connectivity index is 1.56. The molecule has 2 N–H and O–H groups in total. The maximum Gasteiger partial charge on any atom is 0.210 e. The average Bonchev–Trinajstić information content (AvgIpc) is 3.12. The average molecular weight is 442 g/mol. The van der Waals surface area contributed by atoms with Gasteiger partial charge in [0, 0.05) is 0 Å². The van der Waals surface area contributed by atoms with Crippen LogP contribution in [-0.4, -0.2) is 14.9 Å². The Bertz CT molecular complexity index is 1100. The normalized spacial score (nSPS) is 11.1. The quantitative estimate of drug-likeness (QED) is 0.327. The van der Waals surface area contributed by atoms with Crippen LogP contribution in [0.4, 0.5) is 13.2 Å². The van der Waals surface area contributed by atoms with Gasteiger partial charge in [-0.05, 0) is 59.7 Å². The van der Waals surface area contributed by atoms with E-state index in [-0.39, 0.29) is 29.3 Å². The number of thioether (sulfide) groups is 1. The number of nitrogen functional groups attached to an aromatic ring is 1. The molecule has 158 valence electrons. The van der Waals surface area contributed by atoms with Crippen molar-refractivity contribution in [2.24, 2.45) is 0 Å². The fourth-order valence-electron chi connectivity index (χ4n) is 2.87. The van der Waals surface area contributed by atoms with Crippen molar-refractivity contribution < 1.29 is 17.9 Å². The zero-order valence-electron chi connectivity index (χ0n) is 16.1. The van der Waals surface area contributed by atoms with Crippen LogP contribution in [0.25, 0.3) is 0 Å². The Labute approximate surface area is 180 Å². The molecular formula is C22H17F3N4OS. The Morgan fingerprint density at radius 1 is 0.774 bits per heavy atom. The van der Waals surface area contributed by atoms with E-state index in [1.165, 1.54) is 65.0 Å². The van der Waals surface area contributed by atoms with E-state index < -0.39 is 0 Å². The first-order valence-electron chi connectivity index (χ1n) is 9.25. The van der Waals surface area contributed by atoms with Crippen molar-refractivity contribution in [2.45, 2.75) is 17.0 Å². The Hall–Kier alpha value is -3.46. The smallest absolute Gasteiger partial charge is 0.210 e. The fourth-order valence-corrected chi connectivity index (χ4v) is 3.98. The summed E-state index contributed by atoms with van der Waals surface area (Å²) in [5.74, 6) is 5.92. The van der Waals surface area contributed by atoms with Crippen LogP contribution in [0.5, 0.6) is 5.75 Å². The summed E-state index contributed by atoms with van der Waals surface area (Å²) in [5, 5.41) is 8.27. The molecule has 5 nitrogen and oxygen atoms in total. The lowest BCUT2D eigenvalue weighted by molar-refractivity contribution is 0.291. The highest BCUT2D eigenvalue weighted by Crippen LogP contribution is 2.39. The molecule has 0 saturated carbocycles. The van der Waals surface area contributed by atoms with Crippen molar-refractivity contribution in [2.75, 3.05) is 5.84 Å². The van der Waals surface area contributed by atoms with E-state index in [4.69, 9.17) is 10.6 Å². The number of nitrogens with two attached hydrogens (primary N) is 1. The molecule has 0 fully saturated rings. The highest BCUT2D eigenvalue weighted by atomic mass is 32.2. The predicted octanol–water partition coefficient (Wildman–Crippen LogP) is 4.87. The molecule has 1 aromatic heterocycles. The van der Waals surface area contributed by atoms with Gasteiger partial charge < -0.3 is 10.6 Å². The van der Waals surface area contributed by atoms with Crippen molar-refractivity contribution in [3.63, 3.8) is 0 Å². The van der Waals surface area contributed by atoms with Gasteiger partial charge in [-0.15, -0.1) is 10.2 Å². The van der Waals surface area contributed by atoms with Gasteiger partial charge in [0.1, 0.15) is 29.8 Å². The molecular weight excluding hydrogens is 425 g/mol. The van der Waals surface area contributed by atoms with E-state index in [0.717, 1.165) is 11.1 Å². The SMILES string of the molecule is Nn1c(COc2ccc(F)cc2)nnc1SC(c1ccc(F)cc1)c1ccc(F)cc1. The van der Waals surface area contributed by atoms with Gasteiger partial charge in [-0.3, -0.25) is 0 Å². The third-order valence-electron chi connectivity index (χ3n) is 4.49. The summed E-state index contributed by atoms with van der Waals surface area (Å²) < 4.78 is 46.7. The number of ether oxygens (including phenoxy) is 1. The molecule has 4 aromatic rings. The molecule has 0 saturated heterocycles. The molecule has 0 aliphatic carbocycles. The lowest BCUT2D eigenvalue weighted by atomic mass is 10.0. The minimum atomic E-state index is -0.361. The van der Waals surface area contributed by atoms with Crippen molar-refractivity contribution in [1.82, 2.24) is 14.9 Å². The first-order chi connectivity index (χ1) is 15.0. The molecule has 0 amide bonds. The van der Waals surface area contributed by atoms with E-state index in [1.807, 2.05) is 0 Å². The molecule has 0 unspecified atom stereocenters. The zero-order valence-corrected chi connectivity index (χ0v) is 16.9. The molecule has 0 radical (unpaired) electrons. The Morgan fingerprint density at radius 3 is 1.77 bits per heavy atom. The molecule has 0 aliphatic rings. The topological polar surface area (TPSA) is 66.0 Å². The van der Waals surface area contributed by atoms with Crippen LogP contribution in [0.15, 0.2) is 78.0 Å². The summed E-state index contributed by atoms with van der Waals surface area (Å²) in [6.45, 7) is 0.0352. The lowest BCUT2D eigenvalue weighted by Gasteiger charge is -2.17. The van der Waals surface area contributed by atoms with Gasteiger partial charge >= 0.3 is 0 Å². The zero-order chi connectivity index (χ0) is 21.8. The van der Waals surface area contributed by atoms with E-state index in [1.54, 1.807) is 24.3 Å². The highest BCUT2D eigenvalue weighted by Gasteiger charge is 2.21. The van der Waals surface area contributed by atoms with Crippen LogP contribution in [0, 0.1) is 17.5 Å². The molecule has 0 aliphatic heterocycles. The number of halogens is 3. The third-order valence-corrected chi connectivity index (χ3v) is 5.75. The van der Waals surface area contributed by atoms with Gasteiger partial charge in [0.05, 0.1) is 5.25 Å². The monoisotopic (exact) mass is 442 g/mol. The molecule has 3 aromatic carbocycles. The predicted molar refractivity (Wildman–Crippen MR) is 111 cm³/mol. The Kier molecular flexibility index (Phi) is 6.13. The highest BCUT2D eigenvalue weighted by molar-refractivity contribution is 7.99. The minimum Gasteiger partial charge on any atom is -0.486 e. The number of benzene rings is 3. The Morgan fingerprint density at radius 2 is 1.26 bits per heavy atom. The molecule has 1 heterocycles. The summed E-state index contributed by atoms with van der Waals surface area (Å²) in [4.78, 5) is 0. The van der Waals surface area contributed by atoms with Crippen molar-refractivity contribution in [3.05, 3.63) is 107 Å². The number of aromatic nitrogens is 3. The largest absolute Gasteiger partial charge is 0.486 e. The van der Waals surface area contributed by atoms with Crippen LogP contribution in [0.3, 0.4) is 0 Å². The molecule has 0 spiro atoms. The maximum atomic E-state index is 13.4. The molecule has 0 atom stereocenters. The number of nitrogens with zero attached hydrogens (tertiary/aromatic N) is 3. The molecule has 9 heteroatoms. The second-order valence-electron chi connectivity index (χ2n) is 6.61. The van der Waals surface area contributed by atoms with Gasteiger partial charge in [-0.25, -0.2) is 17.8 Å². The van der Waals surface area contributed by atoms with E-state index in [9.17, 15) is 13.2 Å². The summed E-state index contributed by atoms with van der Waals surface area (Å²) in [7, 11) is 0. The van der Waals surface area contributed by atoms with Crippen molar-refractivity contribution in [3.8, 4) is 5.75 Å². The standard InChI is InChI=1S/C22H17F3N4OS/c23-16-5-1-14(2-6-16)21(15-3-7-17(24)8-4-15)31-22-28-27-20(29(22)26)13-30-19-11-9-18(25)10-12-19/h1-12,21H,13,26H2. The number of rotatable bonds is 7. The van der Waals surface area contributed by atoms with Gasteiger partial charge in [0.15, 0.2) is 5.82 Å². The van der Waals surface area contributed by atoms with E-state index in [0.29, 0.717) is 16.7 Å². The van der Waals surface area contributed by atoms with Gasteiger partial charge in [-0.2, -0.15) is 0 Å². The minimum absolute atomic E-state index is 0.0352. The summed E-state index contributed by atoms with van der Waals surface area (Å²) in [5.41, 5.74) is 1.59. The lowest BCUT2D eigenvalue weighted by Crippen LogP contribution is -2.16. The first kappa shape index (κ1) is 20.8. The van der Waals surface area contributed by atoms with Crippen molar-refractivity contribution >= 4 is 11.8 Å². The van der Waals surface area contributed by atoms with Crippen LogP contribution < -0.4 is 10.6 Å². The molecule has 0 bridgehead atoms. The van der Waals surface area contributed by atoms with Crippen LogP contribution in [-0.2, 0) is 6.61 Å². The molecule has 31 heavy (non-hydrogen) atoms. The fraction of sp³-hybridized carbons (Fsp3) is 0.0909. The maximum absolute atomic E-state index is 13.4. The summed E-state index contributed by atoms with van der Waals surface area (Å²) in [6.07, 6.45) is 0. The molecule has 4 rings (SSSR count). The van der Waals surface area contributed by atoms with Gasteiger partial charge in [0.25, 0.3) is 0 Å². The summed E-state index contributed by atoms with van der Waals surface area (Å²) in [6, 6.07) is 17.7. The van der Waals surface area contributed by atoms with Crippen LogP contribution >= 0.6 is 11.8 Å². The third kappa shape index (κ3) is 5.00. The number of hydrogen-bond donors (Lipinski definition) is 1. The van der Waals surface area contributed by atoms with Crippen molar-refractivity contribution in [1.29, 1.82) is 0 Å². The van der Waals surface area contributed by atoms with Crippen LogP contribution in [0.1, 0.15) is 22.2 Å². The van der Waals surface area contributed by atoms with Crippen LogP contribution in [0.2, 0.25) is 0 Å². The first-order valence-corrected chi connectivity index (χ1v) is 10.1. The summed E-state index contributed by atoms with van der Waals surface area (Å²) >= 11 is 1.29. The van der Waals surface area contributed by atoms with E-state index >= 15 is 0 Å². The second-order valence-corrected chi connectivity index (χ2v) is 7.68. The van der Waals surface area contributed by atoms with Gasteiger partial charge in [-0.1, -0.05) is 36.0 Å².